The quantitative estimate of drug-likeness (QED) is 0.735. The summed E-state index contributed by atoms with van der Waals surface area (Å²) in [5.74, 6) is -0.877. The van der Waals surface area contributed by atoms with E-state index in [1.165, 1.54) is 5.56 Å². The van der Waals surface area contributed by atoms with Crippen LogP contribution in [0.4, 0.5) is 0 Å². The molecule has 2 nitrogen and oxygen atoms in total. The lowest BCUT2D eigenvalue weighted by atomic mass is 10.0. The second kappa shape index (κ2) is 5.81. The van der Waals surface area contributed by atoms with E-state index in [9.17, 15) is 4.79 Å². The normalized spacial score (nSPS) is 12.6. The summed E-state index contributed by atoms with van der Waals surface area (Å²) in [6, 6.07) is 2.13. The Kier molecular flexibility index (Phi) is 4.66. The fourth-order valence-corrected chi connectivity index (χ4v) is 2.04. The SMILES string of the molecule is CC(CCCCc1ccsc1)C(=O)O. The lowest BCUT2D eigenvalue weighted by Gasteiger charge is -2.04. The van der Waals surface area contributed by atoms with Crippen molar-refractivity contribution in [2.45, 2.75) is 32.6 Å². The number of carboxylic acid groups (broad SMARTS) is 1. The standard InChI is InChI=1S/C11H16O2S/c1-9(11(12)13)4-2-3-5-10-6-7-14-8-10/h6-9H,2-5H2,1H3,(H,12,13). The van der Waals surface area contributed by atoms with Crippen LogP contribution >= 0.6 is 11.3 Å². The lowest BCUT2D eigenvalue weighted by molar-refractivity contribution is -0.141. The number of aryl methyl sites for hydroxylation is 1. The third-order valence-corrected chi connectivity index (χ3v) is 3.09. The van der Waals surface area contributed by atoms with Crippen LogP contribution in [-0.2, 0) is 11.2 Å². The Balaban J connectivity index is 2.08. The summed E-state index contributed by atoms with van der Waals surface area (Å²) < 4.78 is 0. The van der Waals surface area contributed by atoms with Gasteiger partial charge in [0.05, 0.1) is 5.92 Å². The smallest absolute Gasteiger partial charge is 0.306 e. The molecule has 0 radical (unpaired) electrons. The minimum Gasteiger partial charge on any atom is -0.481 e. The van der Waals surface area contributed by atoms with Gasteiger partial charge in [-0.05, 0) is 41.7 Å². The highest BCUT2D eigenvalue weighted by atomic mass is 32.1. The van der Waals surface area contributed by atoms with Crippen molar-refractivity contribution in [1.29, 1.82) is 0 Å². The molecule has 1 aromatic rings. The molecule has 1 aromatic heterocycles. The van der Waals surface area contributed by atoms with Crippen LogP contribution < -0.4 is 0 Å². The van der Waals surface area contributed by atoms with E-state index in [4.69, 9.17) is 5.11 Å². The van der Waals surface area contributed by atoms with E-state index in [1.807, 2.05) is 0 Å². The van der Waals surface area contributed by atoms with Gasteiger partial charge >= 0.3 is 5.97 Å². The van der Waals surface area contributed by atoms with Gasteiger partial charge < -0.3 is 5.11 Å². The second-order valence-corrected chi connectivity index (χ2v) is 4.40. The summed E-state index contributed by atoms with van der Waals surface area (Å²) in [6.45, 7) is 1.77. The first-order valence-electron chi connectivity index (χ1n) is 4.94. The number of aliphatic carboxylic acids is 1. The van der Waals surface area contributed by atoms with Crippen LogP contribution in [-0.4, -0.2) is 11.1 Å². The molecule has 0 saturated carbocycles. The second-order valence-electron chi connectivity index (χ2n) is 3.62. The molecule has 0 aliphatic heterocycles. The first-order valence-corrected chi connectivity index (χ1v) is 5.88. The molecule has 1 N–H and O–H groups in total. The lowest BCUT2D eigenvalue weighted by Crippen LogP contribution is -2.08. The number of hydrogen-bond acceptors (Lipinski definition) is 2. The molecule has 0 spiro atoms. The van der Waals surface area contributed by atoms with Gasteiger partial charge in [0.25, 0.3) is 0 Å². The van der Waals surface area contributed by atoms with Crippen molar-refractivity contribution in [3.05, 3.63) is 22.4 Å². The van der Waals surface area contributed by atoms with Crippen molar-refractivity contribution in [3.8, 4) is 0 Å². The minimum absolute atomic E-state index is 0.197. The predicted molar refractivity (Wildman–Crippen MR) is 58.7 cm³/mol. The number of thiophene rings is 1. The van der Waals surface area contributed by atoms with Crippen molar-refractivity contribution in [1.82, 2.24) is 0 Å². The largest absolute Gasteiger partial charge is 0.481 e. The predicted octanol–water partition coefficient (Wildman–Crippen LogP) is 3.18. The van der Waals surface area contributed by atoms with Gasteiger partial charge in [-0.25, -0.2) is 0 Å². The molecule has 0 fully saturated rings. The van der Waals surface area contributed by atoms with Gasteiger partial charge in [0, 0.05) is 0 Å². The van der Waals surface area contributed by atoms with Crippen LogP contribution in [0.1, 0.15) is 31.7 Å². The molecular weight excluding hydrogens is 196 g/mol. The third kappa shape index (κ3) is 3.92. The highest BCUT2D eigenvalue weighted by molar-refractivity contribution is 7.07. The van der Waals surface area contributed by atoms with Crippen LogP contribution in [0.5, 0.6) is 0 Å². The van der Waals surface area contributed by atoms with Gasteiger partial charge in [0.2, 0.25) is 0 Å². The zero-order chi connectivity index (χ0) is 10.4. The zero-order valence-corrected chi connectivity index (χ0v) is 9.22. The Bertz CT molecular complexity index is 267. The molecule has 0 aliphatic carbocycles. The molecule has 1 heterocycles. The molecule has 3 heteroatoms. The van der Waals surface area contributed by atoms with Gasteiger partial charge in [-0.1, -0.05) is 13.3 Å². The van der Waals surface area contributed by atoms with Crippen LogP contribution in [0.3, 0.4) is 0 Å². The summed E-state index contributed by atoms with van der Waals surface area (Å²) in [7, 11) is 0. The maximum Gasteiger partial charge on any atom is 0.306 e. The number of unbranched alkanes of at least 4 members (excludes halogenated alkanes) is 1. The fraction of sp³-hybridized carbons (Fsp3) is 0.545. The first kappa shape index (κ1) is 11.2. The topological polar surface area (TPSA) is 37.3 Å². The number of carboxylic acids is 1. The number of carbonyl (C=O) groups is 1. The maximum absolute atomic E-state index is 10.5. The third-order valence-electron chi connectivity index (χ3n) is 2.35. The molecule has 0 aliphatic rings. The van der Waals surface area contributed by atoms with Crippen molar-refractivity contribution in [2.75, 3.05) is 0 Å². The van der Waals surface area contributed by atoms with Gasteiger partial charge in [-0.3, -0.25) is 4.79 Å². The number of hydrogen-bond donors (Lipinski definition) is 1. The highest BCUT2D eigenvalue weighted by Crippen LogP contribution is 2.13. The van der Waals surface area contributed by atoms with E-state index in [0.29, 0.717) is 0 Å². The molecular formula is C11H16O2S. The molecule has 0 bridgehead atoms. The number of rotatable bonds is 6. The van der Waals surface area contributed by atoms with Gasteiger partial charge in [-0.2, -0.15) is 11.3 Å². The average molecular weight is 212 g/mol. The zero-order valence-electron chi connectivity index (χ0n) is 8.40. The van der Waals surface area contributed by atoms with E-state index in [2.05, 4.69) is 16.8 Å². The maximum atomic E-state index is 10.5. The molecule has 78 valence electrons. The summed E-state index contributed by atoms with van der Waals surface area (Å²) in [4.78, 5) is 10.5. The summed E-state index contributed by atoms with van der Waals surface area (Å²) in [5.41, 5.74) is 1.37. The minimum atomic E-state index is -0.680. The highest BCUT2D eigenvalue weighted by Gasteiger charge is 2.09. The Hall–Kier alpha value is -0.830. The summed E-state index contributed by atoms with van der Waals surface area (Å²) in [5, 5.41) is 12.9. The van der Waals surface area contributed by atoms with Crippen LogP contribution in [0.15, 0.2) is 16.8 Å². The van der Waals surface area contributed by atoms with Crippen molar-refractivity contribution in [2.24, 2.45) is 5.92 Å². The van der Waals surface area contributed by atoms with Gasteiger partial charge in [0.1, 0.15) is 0 Å². The molecule has 0 saturated heterocycles. The van der Waals surface area contributed by atoms with E-state index < -0.39 is 5.97 Å². The van der Waals surface area contributed by atoms with Crippen LogP contribution in [0.2, 0.25) is 0 Å². The molecule has 0 aromatic carbocycles. The Morgan fingerprint density at radius 3 is 2.93 bits per heavy atom. The molecule has 1 atom stereocenters. The first-order chi connectivity index (χ1) is 6.70. The summed E-state index contributed by atoms with van der Waals surface area (Å²) >= 11 is 1.71. The van der Waals surface area contributed by atoms with Crippen molar-refractivity contribution in [3.63, 3.8) is 0 Å². The Morgan fingerprint density at radius 2 is 2.36 bits per heavy atom. The van der Waals surface area contributed by atoms with Crippen LogP contribution in [0, 0.1) is 5.92 Å². The van der Waals surface area contributed by atoms with Crippen molar-refractivity contribution < 1.29 is 9.90 Å². The Labute approximate surface area is 88.6 Å². The van der Waals surface area contributed by atoms with E-state index >= 15 is 0 Å². The van der Waals surface area contributed by atoms with Gasteiger partial charge in [-0.15, -0.1) is 0 Å². The molecule has 14 heavy (non-hydrogen) atoms. The van der Waals surface area contributed by atoms with Crippen LogP contribution in [0.25, 0.3) is 0 Å². The van der Waals surface area contributed by atoms with E-state index in [0.717, 1.165) is 25.7 Å². The summed E-state index contributed by atoms with van der Waals surface area (Å²) in [6.07, 6.45) is 3.97. The molecule has 1 unspecified atom stereocenters. The van der Waals surface area contributed by atoms with E-state index in [-0.39, 0.29) is 5.92 Å². The average Bonchev–Trinajstić information content (AvgIpc) is 2.64. The van der Waals surface area contributed by atoms with Crippen molar-refractivity contribution >= 4 is 17.3 Å². The van der Waals surface area contributed by atoms with E-state index in [1.54, 1.807) is 18.3 Å². The fourth-order valence-electron chi connectivity index (χ4n) is 1.34. The monoisotopic (exact) mass is 212 g/mol. The molecule has 1 rings (SSSR count). The Morgan fingerprint density at radius 1 is 1.57 bits per heavy atom. The van der Waals surface area contributed by atoms with Gasteiger partial charge in [0.15, 0.2) is 0 Å². The molecule has 0 amide bonds.